The van der Waals surface area contributed by atoms with Gasteiger partial charge in [-0.1, -0.05) is 0 Å². The highest BCUT2D eigenvalue weighted by Crippen LogP contribution is 2.20. The van der Waals surface area contributed by atoms with Crippen molar-refractivity contribution in [2.75, 3.05) is 34.9 Å². The molecule has 2 amide bonds. The molecule has 3 rings (SSSR count). The first kappa shape index (κ1) is 17.7. The maximum absolute atomic E-state index is 11.9. The SMILES string of the molecule is Cc1cc(N(C)C)nc(Nc2ccc(NC(=O)Nc3cccs3)cc2)n1. The van der Waals surface area contributed by atoms with E-state index in [4.69, 9.17) is 0 Å². The van der Waals surface area contributed by atoms with Crippen molar-refractivity contribution >= 4 is 45.5 Å². The zero-order chi connectivity index (χ0) is 18.5. The predicted molar refractivity (Wildman–Crippen MR) is 108 cm³/mol. The molecule has 3 N–H and O–H groups in total. The molecule has 2 aromatic heterocycles. The van der Waals surface area contributed by atoms with Crippen LogP contribution in [0.25, 0.3) is 0 Å². The molecule has 3 aromatic rings. The number of hydrogen-bond donors (Lipinski definition) is 3. The second kappa shape index (κ2) is 7.83. The van der Waals surface area contributed by atoms with E-state index >= 15 is 0 Å². The first-order chi connectivity index (χ1) is 12.5. The minimum atomic E-state index is -0.272. The lowest BCUT2D eigenvalue weighted by atomic mass is 10.3. The number of thiophene rings is 1. The fourth-order valence-corrected chi connectivity index (χ4v) is 2.84. The summed E-state index contributed by atoms with van der Waals surface area (Å²) in [5.74, 6) is 1.37. The van der Waals surface area contributed by atoms with Crippen molar-refractivity contribution in [3.63, 3.8) is 0 Å². The van der Waals surface area contributed by atoms with Crippen molar-refractivity contribution in [1.29, 1.82) is 0 Å². The molecule has 7 nitrogen and oxygen atoms in total. The van der Waals surface area contributed by atoms with E-state index in [-0.39, 0.29) is 6.03 Å². The second-order valence-electron chi connectivity index (χ2n) is 5.84. The number of amides is 2. The van der Waals surface area contributed by atoms with E-state index < -0.39 is 0 Å². The van der Waals surface area contributed by atoms with Crippen molar-refractivity contribution in [2.45, 2.75) is 6.92 Å². The largest absolute Gasteiger partial charge is 0.363 e. The Morgan fingerprint density at radius 1 is 1.04 bits per heavy atom. The Morgan fingerprint density at radius 3 is 2.42 bits per heavy atom. The fourth-order valence-electron chi connectivity index (χ4n) is 2.23. The van der Waals surface area contributed by atoms with Crippen molar-refractivity contribution in [2.24, 2.45) is 0 Å². The number of carbonyl (C=O) groups excluding carboxylic acids is 1. The average Bonchev–Trinajstić information content (AvgIpc) is 3.09. The van der Waals surface area contributed by atoms with Crippen molar-refractivity contribution < 1.29 is 4.79 Å². The molecule has 0 radical (unpaired) electrons. The van der Waals surface area contributed by atoms with Gasteiger partial charge in [0.05, 0.1) is 5.00 Å². The van der Waals surface area contributed by atoms with Crippen LogP contribution >= 0.6 is 11.3 Å². The number of rotatable bonds is 5. The molecular weight excluding hydrogens is 348 g/mol. The summed E-state index contributed by atoms with van der Waals surface area (Å²) in [4.78, 5) is 22.7. The molecule has 0 saturated heterocycles. The van der Waals surface area contributed by atoms with E-state index in [2.05, 4.69) is 25.9 Å². The third-order valence-corrected chi connectivity index (χ3v) is 4.24. The third kappa shape index (κ3) is 4.70. The number of urea groups is 1. The summed E-state index contributed by atoms with van der Waals surface area (Å²) in [6, 6.07) is 12.7. The summed E-state index contributed by atoms with van der Waals surface area (Å²) in [5.41, 5.74) is 2.42. The van der Waals surface area contributed by atoms with Crippen LogP contribution in [-0.2, 0) is 0 Å². The third-order valence-electron chi connectivity index (χ3n) is 3.46. The van der Waals surface area contributed by atoms with Crippen LogP contribution in [0.2, 0.25) is 0 Å². The number of nitrogens with one attached hydrogen (secondary N) is 3. The molecule has 2 heterocycles. The van der Waals surface area contributed by atoms with Crippen molar-refractivity contribution in [3.8, 4) is 0 Å². The number of hydrogen-bond acceptors (Lipinski definition) is 6. The maximum Gasteiger partial charge on any atom is 0.324 e. The zero-order valence-corrected chi connectivity index (χ0v) is 15.6. The molecule has 0 aliphatic heterocycles. The summed E-state index contributed by atoms with van der Waals surface area (Å²) in [5, 5.41) is 11.5. The number of anilines is 5. The van der Waals surface area contributed by atoms with Crippen LogP contribution < -0.4 is 20.9 Å². The van der Waals surface area contributed by atoms with Gasteiger partial charge in [-0.3, -0.25) is 5.32 Å². The molecule has 0 saturated carbocycles. The summed E-state index contributed by atoms with van der Waals surface area (Å²) < 4.78 is 0. The van der Waals surface area contributed by atoms with Gasteiger partial charge in [-0.15, -0.1) is 11.3 Å². The van der Waals surface area contributed by atoms with Gasteiger partial charge in [-0.25, -0.2) is 9.78 Å². The molecule has 134 valence electrons. The zero-order valence-electron chi connectivity index (χ0n) is 14.8. The summed E-state index contributed by atoms with van der Waals surface area (Å²) in [6.07, 6.45) is 0. The van der Waals surface area contributed by atoms with Gasteiger partial charge in [0.2, 0.25) is 5.95 Å². The van der Waals surface area contributed by atoms with E-state index in [1.807, 2.05) is 73.8 Å². The van der Waals surface area contributed by atoms with Crippen LogP contribution in [0.4, 0.5) is 32.9 Å². The minimum Gasteiger partial charge on any atom is -0.363 e. The highest BCUT2D eigenvalue weighted by atomic mass is 32.1. The van der Waals surface area contributed by atoms with Crippen LogP contribution in [0.1, 0.15) is 5.69 Å². The average molecular weight is 368 g/mol. The highest BCUT2D eigenvalue weighted by Gasteiger charge is 2.06. The first-order valence-corrected chi connectivity index (χ1v) is 8.89. The molecule has 0 aliphatic carbocycles. The lowest BCUT2D eigenvalue weighted by Crippen LogP contribution is -2.18. The standard InChI is InChI=1S/C18H20N6OS/c1-12-11-15(24(2)3)22-17(19-12)20-13-6-8-14(9-7-13)21-18(25)23-16-5-4-10-26-16/h4-11H,1-3H3,(H,19,20,22)(H2,21,23,25). The van der Waals surface area contributed by atoms with Gasteiger partial charge < -0.3 is 15.5 Å². The molecule has 1 aromatic carbocycles. The van der Waals surface area contributed by atoms with E-state index in [0.717, 1.165) is 22.2 Å². The van der Waals surface area contributed by atoms with Gasteiger partial charge in [0.25, 0.3) is 0 Å². The number of aromatic nitrogens is 2. The number of aryl methyl sites for hydroxylation is 1. The van der Waals surface area contributed by atoms with Gasteiger partial charge in [0.15, 0.2) is 0 Å². The molecule has 0 atom stereocenters. The van der Waals surface area contributed by atoms with Crippen LogP contribution in [0.3, 0.4) is 0 Å². The summed E-state index contributed by atoms with van der Waals surface area (Å²) in [6.45, 7) is 1.93. The Bertz CT molecular complexity index is 877. The van der Waals surface area contributed by atoms with E-state index in [1.165, 1.54) is 11.3 Å². The Hall–Kier alpha value is -3.13. The molecular formula is C18H20N6OS. The lowest BCUT2D eigenvalue weighted by molar-refractivity contribution is 0.262. The topological polar surface area (TPSA) is 82.2 Å². The van der Waals surface area contributed by atoms with Crippen LogP contribution in [0, 0.1) is 6.92 Å². The maximum atomic E-state index is 11.9. The monoisotopic (exact) mass is 368 g/mol. The Labute approximate surface area is 156 Å². The lowest BCUT2D eigenvalue weighted by Gasteiger charge is -2.14. The predicted octanol–water partition coefficient (Wildman–Crippen LogP) is 4.30. The second-order valence-corrected chi connectivity index (χ2v) is 6.79. The van der Waals surface area contributed by atoms with Crippen molar-refractivity contribution in [1.82, 2.24) is 9.97 Å². The first-order valence-electron chi connectivity index (χ1n) is 8.01. The number of carbonyl (C=O) groups is 1. The van der Waals surface area contributed by atoms with Gasteiger partial charge in [-0.05, 0) is 48.7 Å². The molecule has 0 bridgehead atoms. The van der Waals surface area contributed by atoms with Gasteiger partial charge >= 0.3 is 6.03 Å². The van der Waals surface area contributed by atoms with Gasteiger partial charge in [0.1, 0.15) is 5.82 Å². The summed E-state index contributed by atoms with van der Waals surface area (Å²) in [7, 11) is 3.88. The normalized spacial score (nSPS) is 10.3. The van der Waals surface area contributed by atoms with Crippen molar-refractivity contribution in [3.05, 3.63) is 53.5 Å². The van der Waals surface area contributed by atoms with E-state index in [9.17, 15) is 4.79 Å². The molecule has 0 fully saturated rings. The number of benzene rings is 1. The number of nitrogens with zero attached hydrogens (tertiary/aromatic N) is 3. The smallest absolute Gasteiger partial charge is 0.324 e. The molecule has 8 heteroatoms. The Morgan fingerprint density at radius 2 is 1.77 bits per heavy atom. The molecule has 0 aliphatic rings. The summed E-state index contributed by atoms with van der Waals surface area (Å²) >= 11 is 1.47. The molecule has 0 unspecified atom stereocenters. The quantitative estimate of drug-likeness (QED) is 0.625. The molecule has 26 heavy (non-hydrogen) atoms. The molecule has 0 spiro atoms. The Balaban J connectivity index is 1.63. The fraction of sp³-hybridized carbons (Fsp3) is 0.167. The van der Waals surface area contributed by atoms with Crippen LogP contribution in [0.5, 0.6) is 0 Å². The van der Waals surface area contributed by atoms with Crippen LogP contribution in [0.15, 0.2) is 47.8 Å². The van der Waals surface area contributed by atoms with Gasteiger partial charge in [0, 0.05) is 37.2 Å². The highest BCUT2D eigenvalue weighted by molar-refractivity contribution is 7.14. The van der Waals surface area contributed by atoms with Crippen LogP contribution in [-0.4, -0.2) is 30.1 Å². The minimum absolute atomic E-state index is 0.272. The van der Waals surface area contributed by atoms with E-state index in [1.54, 1.807) is 0 Å². The van der Waals surface area contributed by atoms with Gasteiger partial charge in [-0.2, -0.15) is 4.98 Å². The Kier molecular flexibility index (Phi) is 5.33. The van der Waals surface area contributed by atoms with E-state index in [0.29, 0.717) is 11.6 Å².